The monoisotopic (exact) mass is 264 g/mol. The highest BCUT2D eigenvalue weighted by molar-refractivity contribution is 7.80. The normalized spacial score (nSPS) is 10.1. The van der Waals surface area contributed by atoms with E-state index in [0.717, 1.165) is 0 Å². The van der Waals surface area contributed by atoms with E-state index in [1.807, 2.05) is 0 Å². The predicted molar refractivity (Wildman–Crippen MR) is 72.0 cm³/mol. The van der Waals surface area contributed by atoms with E-state index in [-0.39, 0.29) is 10.7 Å². The van der Waals surface area contributed by atoms with Crippen molar-refractivity contribution in [3.8, 4) is 0 Å². The van der Waals surface area contributed by atoms with Crippen LogP contribution in [0.15, 0.2) is 42.5 Å². The molecule has 0 bridgehead atoms. The van der Waals surface area contributed by atoms with Crippen molar-refractivity contribution in [2.24, 2.45) is 5.73 Å². The Hall–Kier alpha value is -2.01. The molecule has 2 nitrogen and oxygen atoms in total. The third-order valence-corrected chi connectivity index (χ3v) is 2.64. The molecule has 0 aliphatic heterocycles. The van der Waals surface area contributed by atoms with E-state index in [1.54, 1.807) is 24.3 Å². The molecule has 0 aliphatic rings. The molecule has 0 aromatic heterocycles. The molecule has 0 saturated carbocycles. The van der Waals surface area contributed by atoms with E-state index in [1.165, 1.54) is 18.2 Å². The molecule has 0 radical (unpaired) electrons. The van der Waals surface area contributed by atoms with Gasteiger partial charge in [-0.15, -0.1) is 0 Å². The van der Waals surface area contributed by atoms with Crippen LogP contribution in [-0.4, -0.2) is 4.99 Å². The third kappa shape index (κ3) is 2.62. The average Bonchev–Trinajstić information content (AvgIpc) is 2.34. The largest absolute Gasteiger partial charge is 0.389 e. The summed E-state index contributed by atoms with van der Waals surface area (Å²) in [6.45, 7) is 0. The maximum atomic E-state index is 13.4. The van der Waals surface area contributed by atoms with Crippen LogP contribution in [0.5, 0.6) is 0 Å². The molecule has 0 atom stereocenters. The quantitative estimate of drug-likeness (QED) is 0.835. The SMILES string of the molecule is NC(=S)c1ccc(Nc2c(F)cccc2F)cc1. The number of rotatable bonds is 3. The lowest BCUT2D eigenvalue weighted by molar-refractivity contribution is 0.591. The van der Waals surface area contributed by atoms with Crippen LogP contribution in [0.2, 0.25) is 0 Å². The number of benzene rings is 2. The summed E-state index contributed by atoms with van der Waals surface area (Å²) in [7, 11) is 0. The van der Waals surface area contributed by atoms with Gasteiger partial charge in [-0.2, -0.15) is 0 Å². The number of halogens is 2. The lowest BCUT2D eigenvalue weighted by Gasteiger charge is -2.09. The Morgan fingerprint density at radius 1 is 1.00 bits per heavy atom. The van der Waals surface area contributed by atoms with Crippen molar-refractivity contribution in [3.63, 3.8) is 0 Å². The summed E-state index contributed by atoms with van der Waals surface area (Å²) in [5.41, 5.74) is 6.53. The second-order valence-corrected chi connectivity index (χ2v) is 4.10. The number of hydrogen-bond acceptors (Lipinski definition) is 2. The minimum absolute atomic E-state index is 0.180. The Balaban J connectivity index is 2.26. The van der Waals surface area contributed by atoms with Crippen molar-refractivity contribution >= 4 is 28.6 Å². The van der Waals surface area contributed by atoms with Gasteiger partial charge in [-0.3, -0.25) is 0 Å². The number of thiocarbonyl (C=S) groups is 1. The van der Waals surface area contributed by atoms with Gasteiger partial charge in [-0.25, -0.2) is 8.78 Å². The first-order valence-electron chi connectivity index (χ1n) is 5.19. The summed E-state index contributed by atoms with van der Waals surface area (Å²) < 4.78 is 26.8. The van der Waals surface area contributed by atoms with Crippen LogP contribution in [-0.2, 0) is 0 Å². The second kappa shape index (κ2) is 5.10. The van der Waals surface area contributed by atoms with Gasteiger partial charge >= 0.3 is 0 Å². The lowest BCUT2D eigenvalue weighted by Crippen LogP contribution is -2.08. The molecule has 92 valence electrons. The van der Waals surface area contributed by atoms with Crippen molar-refractivity contribution in [2.75, 3.05) is 5.32 Å². The van der Waals surface area contributed by atoms with Gasteiger partial charge in [0.05, 0.1) is 0 Å². The molecule has 0 amide bonds. The first kappa shape index (κ1) is 12.4. The van der Waals surface area contributed by atoms with Gasteiger partial charge < -0.3 is 11.1 Å². The summed E-state index contributed by atoms with van der Waals surface area (Å²) in [5, 5.41) is 2.67. The fraction of sp³-hybridized carbons (Fsp3) is 0. The molecule has 2 aromatic rings. The Morgan fingerprint density at radius 2 is 1.56 bits per heavy atom. The first-order valence-corrected chi connectivity index (χ1v) is 5.59. The molecule has 0 saturated heterocycles. The third-order valence-electron chi connectivity index (χ3n) is 2.40. The van der Waals surface area contributed by atoms with Crippen molar-refractivity contribution in [3.05, 3.63) is 59.7 Å². The van der Waals surface area contributed by atoms with Gasteiger partial charge in [-0.1, -0.05) is 18.3 Å². The van der Waals surface area contributed by atoms with Crippen LogP contribution < -0.4 is 11.1 Å². The van der Waals surface area contributed by atoms with Gasteiger partial charge in [-0.05, 0) is 36.4 Å². The van der Waals surface area contributed by atoms with Crippen LogP contribution in [0.25, 0.3) is 0 Å². The molecule has 0 heterocycles. The Labute approximate surface area is 108 Å². The van der Waals surface area contributed by atoms with E-state index in [9.17, 15) is 8.78 Å². The summed E-state index contributed by atoms with van der Waals surface area (Å²) >= 11 is 4.81. The highest BCUT2D eigenvalue weighted by atomic mass is 32.1. The predicted octanol–water partition coefficient (Wildman–Crippen LogP) is 3.34. The molecular formula is C13H10F2N2S. The minimum Gasteiger partial charge on any atom is -0.389 e. The van der Waals surface area contributed by atoms with Crippen LogP contribution in [0.4, 0.5) is 20.2 Å². The van der Waals surface area contributed by atoms with Crippen molar-refractivity contribution in [1.82, 2.24) is 0 Å². The fourth-order valence-corrected chi connectivity index (χ4v) is 1.62. The number of nitrogens with one attached hydrogen (secondary N) is 1. The molecule has 3 N–H and O–H groups in total. The number of hydrogen-bond donors (Lipinski definition) is 2. The van der Waals surface area contributed by atoms with E-state index >= 15 is 0 Å². The molecule has 18 heavy (non-hydrogen) atoms. The minimum atomic E-state index is -0.645. The highest BCUT2D eigenvalue weighted by Crippen LogP contribution is 2.23. The number of anilines is 2. The first-order chi connectivity index (χ1) is 8.58. The number of para-hydroxylation sites is 1. The lowest BCUT2D eigenvalue weighted by atomic mass is 10.2. The average molecular weight is 264 g/mol. The standard InChI is InChI=1S/C13H10F2N2S/c14-10-2-1-3-11(15)12(10)17-9-6-4-8(5-7-9)13(16)18/h1-7,17H,(H2,16,18). The molecule has 5 heteroatoms. The Morgan fingerprint density at radius 3 is 2.06 bits per heavy atom. The van der Waals surface area contributed by atoms with Crippen molar-refractivity contribution < 1.29 is 8.78 Å². The molecular weight excluding hydrogens is 254 g/mol. The summed E-state index contributed by atoms with van der Waals surface area (Å²) in [4.78, 5) is 0.277. The van der Waals surface area contributed by atoms with Crippen LogP contribution >= 0.6 is 12.2 Å². The van der Waals surface area contributed by atoms with Gasteiger partial charge in [0.25, 0.3) is 0 Å². The van der Waals surface area contributed by atoms with Gasteiger partial charge in [0.15, 0.2) is 0 Å². The van der Waals surface area contributed by atoms with Crippen LogP contribution in [0, 0.1) is 11.6 Å². The van der Waals surface area contributed by atoms with Crippen molar-refractivity contribution in [2.45, 2.75) is 0 Å². The smallest absolute Gasteiger partial charge is 0.149 e. The molecule has 0 unspecified atom stereocenters. The topological polar surface area (TPSA) is 38.0 Å². The van der Waals surface area contributed by atoms with E-state index in [2.05, 4.69) is 5.32 Å². The zero-order valence-corrected chi connectivity index (χ0v) is 10.1. The molecule has 0 aliphatic carbocycles. The van der Waals surface area contributed by atoms with Gasteiger partial charge in [0, 0.05) is 11.3 Å². The summed E-state index contributed by atoms with van der Waals surface area (Å²) in [6, 6.07) is 10.4. The van der Waals surface area contributed by atoms with Crippen LogP contribution in [0.3, 0.4) is 0 Å². The van der Waals surface area contributed by atoms with Crippen LogP contribution in [0.1, 0.15) is 5.56 Å². The maximum absolute atomic E-state index is 13.4. The van der Waals surface area contributed by atoms with Gasteiger partial charge in [0.2, 0.25) is 0 Å². The highest BCUT2D eigenvalue weighted by Gasteiger charge is 2.08. The zero-order chi connectivity index (χ0) is 13.1. The fourth-order valence-electron chi connectivity index (χ4n) is 1.48. The maximum Gasteiger partial charge on any atom is 0.149 e. The van der Waals surface area contributed by atoms with E-state index < -0.39 is 11.6 Å². The molecule has 0 fully saturated rings. The van der Waals surface area contributed by atoms with E-state index in [0.29, 0.717) is 11.3 Å². The van der Waals surface area contributed by atoms with E-state index in [4.69, 9.17) is 18.0 Å². The second-order valence-electron chi connectivity index (χ2n) is 3.66. The van der Waals surface area contributed by atoms with Crippen molar-refractivity contribution in [1.29, 1.82) is 0 Å². The molecule has 2 aromatic carbocycles. The zero-order valence-electron chi connectivity index (χ0n) is 9.28. The Bertz CT molecular complexity index is 562. The summed E-state index contributed by atoms with van der Waals surface area (Å²) in [5.74, 6) is -1.29. The molecule has 2 rings (SSSR count). The molecule has 0 spiro atoms. The van der Waals surface area contributed by atoms with Gasteiger partial charge in [0.1, 0.15) is 22.3 Å². The number of nitrogens with two attached hydrogens (primary N) is 1. The Kier molecular flexibility index (Phi) is 3.53. The summed E-state index contributed by atoms with van der Waals surface area (Å²) in [6.07, 6.45) is 0.